The fraction of sp³-hybridized carbons (Fsp3) is 0.360. The lowest BCUT2D eigenvalue weighted by Gasteiger charge is -2.28. The number of aliphatic carboxylic acids is 1. The van der Waals surface area contributed by atoms with Crippen LogP contribution in [0.5, 0.6) is 5.75 Å². The van der Waals surface area contributed by atoms with Gasteiger partial charge < -0.3 is 9.84 Å². The largest absolute Gasteiger partial charge is 0.487 e. The van der Waals surface area contributed by atoms with Gasteiger partial charge in [-0.3, -0.25) is 4.79 Å². The first-order valence-corrected chi connectivity index (χ1v) is 10.5. The average molecular weight is 387 g/mol. The van der Waals surface area contributed by atoms with Crippen LogP contribution in [0.3, 0.4) is 0 Å². The summed E-state index contributed by atoms with van der Waals surface area (Å²) in [6.07, 6.45) is 4.75. The highest BCUT2D eigenvalue weighted by Crippen LogP contribution is 2.53. The number of para-hydroxylation sites is 1. The van der Waals surface area contributed by atoms with Crippen molar-refractivity contribution in [1.82, 2.24) is 4.98 Å². The van der Waals surface area contributed by atoms with E-state index in [1.165, 1.54) is 19.3 Å². The summed E-state index contributed by atoms with van der Waals surface area (Å²) in [5.41, 5.74) is 2.73. The molecule has 2 bridgehead atoms. The second-order valence-corrected chi connectivity index (χ2v) is 8.51. The third-order valence-corrected chi connectivity index (χ3v) is 6.77. The van der Waals surface area contributed by atoms with Crippen molar-refractivity contribution in [1.29, 1.82) is 0 Å². The highest BCUT2D eigenvalue weighted by atomic mass is 16.5. The number of rotatable bonds is 6. The number of pyridine rings is 1. The smallest absolute Gasteiger partial charge is 0.311 e. The third kappa shape index (κ3) is 3.59. The van der Waals surface area contributed by atoms with Gasteiger partial charge in [0.25, 0.3) is 0 Å². The van der Waals surface area contributed by atoms with Gasteiger partial charge in [-0.25, -0.2) is 4.98 Å². The lowest BCUT2D eigenvalue weighted by atomic mass is 9.76. The Bertz CT molecular complexity index is 1030. The summed E-state index contributed by atoms with van der Waals surface area (Å²) in [6.45, 7) is 0.388. The van der Waals surface area contributed by atoms with Gasteiger partial charge in [0.15, 0.2) is 0 Å². The SMILES string of the molecule is O=C(O)C(c1ccc(OCc2ccc3ccccc3n2)cc1)[C@H]1C[C@@H]2CC[C@H]1C2. The number of carbonyl (C=O) groups is 1. The number of fused-ring (bicyclic) bond motifs is 3. The van der Waals surface area contributed by atoms with E-state index in [-0.39, 0.29) is 5.92 Å². The first kappa shape index (κ1) is 18.2. The molecule has 4 nitrogen and oxygen atoms in total. The van der Waals surface area contributed by atoms with E-state index in [2.05, 4.69) is 11.1 Å². The van der Waals surface area contributed by atoms with Crippen LogP contribution in [0.2, 0.25) is 0 Å². The summed E-state index contributed by atoms with van der Waals surface area (Å²) in [4.78, 5) is 16.7. The molecule has 2 aromatic carbocycles. The van der Waals surface area contributed by atoms with Gasteiger partial charge >= 0.3 is 5.97 Å². The molecular formula is C25H25NO3. The maximum atomic E-state index is 12.0. The van der Waals surface area contributed by atoms with Gasteiger partial charge in [-0.2, -0.15) is 0 Å². The minimum atomic E-state index is -0.698. The van der Waals surface area contributed by atoms with Crippen LogP contribution in [0.1, 0.15) is 42.9 Å². The Morgan fingerprint density at radius 2 is 1.86 bits per heavy atom. The minimum absolute atomic E-state index is 0.278. The van der Waals surface area contributed by atoms with Crippen molar-refractivity contribution in [2.75, 3.05) is 0 Å². The predicted octanol–water partition coefficient (Wildman–Crippen LogP) is 5.42. The predicted molar refractivity (Wildman–Crippen MR) is 112 cm³/mol. The molecule has 4 atom stereocenters. The molecule has 1 N–H and O–H groups in total. The van der Waals surface area contributed by atoms with Crippen molar-refractivity contribution in [2.45, 2.75) is 38.2 Å². The molecule has 3 aromatic rings. The van der Waals surface area contributed by atoms with E-state index in [4.69, 9.17) is 4.74 Å². The van der Waals surface area contributed by atoms with Crippen molar-refractivity contribution < 1.29 is 14.6 Å². The lowest BCUT2D eigenvalue weighted by Crippen LogP contribution is -2.25. The van der Waals surface area contributed by atoms with Crippen LogP contribution in [-0.4, -0.2) is 16.1 Å². The van der Waals surface area contributed by atoms with Gasteiger partial charge in [0.2, 0.25) is 0 Å². The van der Waals surface area contributed by atoms with E-state index in [0.717, 1.165) is 40.2 Å². The van der Waals surface area contributed by atoms with Crippen LogP contribution in [0.25, 0.3) is 10.9 Å². The van der Waals surface area contributed by atoms with Crippen LogP contribution >= 0.6 is 0 Å². The molecule has 0 aliphatic heterocycles. The number of hydrogen-bond acceptors (Lipinski definition) is 3. The Kier molecular flexibility index (Phi) is 4.70. The standard InChI is InChI=1S/C25H25NO3/c27-25(28)24(22-14-16-5-6-19(22)13-16)18-8-11-21(12-9-18)29-15-20-10-7-17-3-1-2-4-23(17)26-20/h1-4,7-12,16,19,22,24H,5-6,13-15H2,(H,27,28)/t16-,19+,22+,24?/m1/s1. The molecule has 0 saturated heterocycles. The number of benzene rings is 2. The van der Waals surface area contributed by atoms with Gasteiger partial charge in [0.1, 0.15) is 12.4 Å². The van der Waals surface area contributed by atoms with Gasteiger partial charge in [-0.05, 0) is 66.8 Å². The molecule has 29 heavy (non-hydrogen) atoms. The number of ether oxygens (including phenoxy) is 1. The zero-order valence-electron chi connectivity index (χ0n) is 16.3. The van der Waals surface area contributed by atoms with Gasteiger partial charge in [0.05, 0.1) is 17.1 Å². The third-order valence-electron chi connectivity index (χ3n) is 6.77. The van der Waals surface area contributed by atoms with E-state index >= 15 is 0 Å². The molecule has 1 unspecified atom stereocenters. The Balaban J connectivity index is 1.28. The molecule has 2 aliphatic rings. The van der Waals surface area contributed by atoms with E-state index < -0.39 is 11.9 Å². The summed E-state index contributed by atoms with van der Waals surface area (Å²) in [7, 11) is 0. The first-order chi connectivity index (χ1) is 14.2. The van der Waals surface area contributed by atoms with Gasteiger partial charge in [0, 0.05) is 5.39 Å². The molecule has 148 valence electrons. The van der Waals surface area contributed by atoms with Crippen molar-refractivity contribution >= 4 is 16.9 Å². The topological polar surface area (TPSA) is 59.4 Å². The fourth-order valence-corrected chi connectivity index (χ4v) is 5.39. The van der Waals surface area contributed by atoms with Crippen LogP contribution in [0.15, 0.2) is 60.7 Å². The van der Waals surface area contributed by atoms with Crippen molar-refractivity contribution in [3.05, 3.63) is 71.9 Å². The molecule has 1 heterocycles. The van der Waals surface area contributed by atoms with Crippen LogP contribution in [-0.2, 0) is 11.4 Å². The lowest BCUT2D eigenvalue weighted by molar-refractivity contribution is -0.140. The summed E-state index contributed by atoms with van der Waals surface area (Å²) < 4.78 is 5.90. The van der Waals surface area contributed by atoms with Crippen molar-refractivity contribution in [2.24, 2.45) is 17.8 Å². The van der Waals surface area contributed by atoms with Gasteiger partial charge in [-0.1, -0.05) is 42.8 Å². The molecule has 2 fully saturated rings. The molecule has 2 aliphatic carbocycles. The summed E-state index contributed by atoms with van der Waals surface area (Å²) in [5, 5.41) is 11.0. The highest BCUT2D eigenvalue weighted by molar-refractivity contribution is 5.78. The quantitative estimate of drug-likeness (QED) is 0.614. The minimum Gasteiger partial charge on any atom is -0.487 e. The van der Waals surface area contributed by atoms with Crippen LogP contribution < -0.4 is 4.74 Å². The molecule has 1 aromatic heterocycles. The Morgan fingerprint density at radius 1 is 1.03 bits per heavy atom. The first-order valence-electron chi connectivity index (χ1n) is 10.5. The Labute approximate surface area is 170 Å². The molecule has 4 heteroatoms. The maximum Gasteiger partial charge on any atom is 0.311 e. The Hall–Kier alpha value is -2.88. The molecular weight excluding hydrogens is 362 g/mol. The molecule has 0 spiro atoms. The molecule has 0 amide bonds. The molecule has 5 rings (SSSR count). The zero-order chi connectivity index (χ0) is 19.8. The van der Waals surface area contributed by atoms with Crippen molar-refractivity contribution in [3.8, 4) is 5.75 Å². The number of carboxylic acids is 1. The van der Waals surface area contributed by atoms with E-state index in [1.807, 2.05) is 54.6 Å². The van der Waals surface area contributed by atoms with E-state index in [9.17, 15) is 9.90 Å². The number of nitrogens with zero attached hydrogens (tertiary/aromatic N) is 1. The van der Waals surface area contributed by atoms with Gasteiger partial charge in [-0.15, -0.1) is 0 Å². The van der Waals surface area contributed by atoms with Crippen LogP contribution in [0, 0.1) is 17.8 Å². The van der Waals surface area contributed by atoms with E-state index in [1.54, 1.807) is 0 Å². The summed E-state index contributed by atoms with van der Waals surface area (Å²) in [5.74, 6) is 1.23. The fourth-order valence-electron chi connectivity index (χ4n) is 5.39. The highest BCUT2D eigenvalue weighted by Gasteiger charge is 2.45. The second-order valence-electron chi connectivity index (χ2n) is 8.51. The maximum absolute atomic E-state index is 12.0. The number of carboxylic acid groups (broad SMARTS) is 1. The normalized spacial score (nSPS) is 23.9. The summed E-state index contributed by atoms with van der Waals surface area (Å²) in [6, 6.07) is 19.7. The van der Waals surface area contributed by atoms with Crippen LogP contribution in [0.4, 0.5) is 0 Å². The number of hydrogen-bond donors (Lipinski definition) is 1. The average Bonchev–Trinajstić information content (AvgIpc) is 3.37. The van der Waals surface area contributed by atoms with E-state index in [0.29, 0.717) is 12.5 Å². The number of aromatic nitrogens is 1. The monoisotopic (exact) mass is 387 g/mol. The van der Waals surface area contributed by atoms with Crippen molar-refractivity contribution in [3.63, 3.8) is 0 Å². The Morgan fingerprint density at radius 3 is 2.59 bits per heavy atom. The summed E-state index contributed by atoms with van der Waals surface area (Å²) >= 11 is 0. The molecule has 0 radical (unpaired) electrons. The molecule has 2 saturated carbocycles. The zero-order valence-corrected chi connectivity index (χ0v) is 16.3. The second kappa shape index (κ2) is 7.51.